The molecule has 0 aliphatic carbocycles. The topological polar surface area (TPSA) is 69.7 Å². The zero-order valence-corrected chi connectivity index (χ0v) is 17.9. The molecular weight excluding hydrogens is 421 g/mol. The van der Waals surface area contributed by atoms with Gasteiger partial charge < -0.3 is 15.1 Å². The van der Waals surface area contributed by atoms with E-state index in [1.165, 1.54) is 11.0 Å². The van der Waals surface area contributed by atoms with Gasteiger partial charge in [-0.25, -0.2) is 4.39 Å². The minimum Gasteiger partial charge on any atom is -0.339 e. The maximum absolute atomic E-state index is 14.3. The SMILES string of the molecule is Cc1ccc(N2CC(C(=O)Nc3ccc(Cl)cc3C(=O)N3CCCC3)CC2=O)c(F)c1. The first-order valence-electron chi connectivity index (χ1n) is 10.3. The molecule has 6 nitrogen and oxygen atoms in total. The lowest BCUT2D eigenvalue weighted by Crippen LogP contribution is -2.31. The third-order valence-corrected chi connectivity index (χ3v) is 5.99. The molecule has 162 valence electrons. The normalized spacial score (nSPS) is 18.5. The molecule has 2 aliphatic rings. The Bertz CT molecular complexity index is 1050. The molecule has 0 radical (unpaired) electrons. The number of nitrogens with zero attached hydrogens (tertiary/aromatic N) is 2. The van der Waals surface area contributed by atoms with Crippen LogP contribution in [0.25, 0.3) is 0 Å². The highest BCUT2D eigenvalue weighted by atomic mass is 35.5. The third kappa shape index (κ3) is 4.42. The Kier molecular flexibility index (Phi) is 5.96. The van der Waals surface area contributed by atoms with E-state index >= 15 is 0 Å². The molecule has 0 aromatic heterocycles. The van der Waals surface area contributed by atoms with E-state index < -0.39 is 11.7 Å². The number of aryl methyl sites for hydroxylation is 1. The van der Waals surface area contributed by atoms with Gasteiger partial charge in [0, 0.05) is 31.1 Å². The summed E-state index contributed by atoms with van der Waals surface area (Å²) in [6.07, 6.45) is 1.87. The van der Waals surface area contributed by atoms with Crippen molar-refractivity contribution in [2.75, 3.05) is 29.9 Å². The zero-order valence-electron chi connectivity index (χ0n) is 17.2. The number of rotatable bonds is 4. The second-order valence-electron chi connectivity index (χ2n) is 8.04. The quantitative estimate of drug-likeness (QED) is 0.776. The Morgan fingerprint density at radius 2 is 1.87 bits per heavy atom. The molecule has 0 spiro atoms. The molecule has 1 N–H and O–H groups in total. The standard InChI is InChI=1S/C23H23ClFN3O3/c1-14-4-7-20(18(25)10-14)28-13-15(11-21(28)29)22(30)26-19-6-5-16(24)12-17(19)23(31)27-8-2-3-9-27/h4-7,10,12,15H,2-3,8-9,11,13H2,1H3,(H,26,30). The van der Waals surface area contributed by atoms with Gasteiger partial charge in [-0.15, -0.1) is 0 Å². The first kappa shape index (κ1) is 21.3. The van der Waals surface area contributed by atoms with E-state index in [4.69, 9.17) is 11.6 Å². The van der Waals surface area contributed by atoms with Gasteiger partial charge in [-0.1, -0.05) is 17.7 Å². The second-order valence-corrected chi connectivity index (χ2v) is 8.48. The van der Waals surface area contributed by atoms with Gasteiger partial charge in [0.05, 0.1) is 22.9 Å². The van der Waals surface area contributed by atoms with Crippen LogP contribution in [0.3, 0.4) is 0 Å². The lowest BCUT2D eigenvalue weighted by atomic mass is 10.1. The Morgan fingerprint density at radius 3 is 2.58 bits per heavy atom. The van der Waals surface area contributed by atoms with Crippen LogP contribution in [0.4, 0.5) is 15.8 Å². The molecule has 0 saturated carbocycles. The van der Waals surface area contributed by atoms with Gasteiger partial charge in [0.1, 0.15) is 5.82 Å². The Morgan fingerprint density at radius 1 is 1.13 bits per heavy atom. The lowest BCUT2D eigenvalue weighted by Gasteiger charge is -2.20. The van der Waals surface area contributed by atoms with Crippen LogP contribution in [0.15, 0.2) is 36.4 Å². The predicted octanol–water partition coefficient (Wildman–Crippen LogP) is 4.02. The molecule has 3 amide bonds. The van der Waals surface area contributed by atoms with Crippen molar-refractivity contribution in [1.82, 2.24) is 4.90 Å². The van der Waals surface area contributed by atoms with Crippen molar-refractivity contribution in [3.63, 3.8) is 0 Å². The summed E-state index contributed by atoms with van der Waals surface area (Å²) in [6, 6.07) is 9.38. The molecule has 2 fully saturated rings. The number of anilines is 2. The zero-order chi connectivity index (χ0) is 22.1. The van der Waals surface area contributed by atoms with Gasteiger partial charge >= 0.3 is 0 Å². The van der Waals surface area contributed by atoms with Gasteiger partial charge in [0.25, 0.3) is 5.91 Å². The van der Waals surface area contributed by atoms with Crippen molar-refractivity contribution in [2.24, 2.45) is 5.92 Å². The van der Waals surface area contributed by atoms with Gasteiger partial charge in [-0.05, 0) is 55.7 Å². The first-order chi connectivity index (χ1) is 14.8. The van der Waals surface area contributed by atoms with Crippen molar-refractivity contribution in [3.8, 4) is 0 Å². The fraction of sp³-hybridized carbons (Fsp3) is 0.348. The van der Waals surface area contributed by atoms with Crippen LogP contribution in [-0.2, 0) is 9.59 Å². The Hall–Kier alpha value is -2.93. The van der Waals surface area contributed by atoms with E-state index in [2.05, 4.69) is 5.32 Å². The van der Waals surface area contributed by atoms with E-state index in [0.717, 1.165) is 18.4 Å². The summed E-state index contributed by atoms with van der Waals surface area (Å²) in [4.78, 5) is 41.3. The Balaban J connectivity index is 1.51. The van der Waals surface area contributed by atoms with Crippen molar-refractivity contribution >= 4 is 40.7 Å². The molecule has 1 unspecified atom stereocenters. The third-order valence-electron chi connectivity index (χ3n) is 5.75. The summed E-state index contributed by atoms with van der Waals surface area (Å²) in [7, 11) is 0. The molecule has 2 aromatic rings. The summed E-state index contributed by atoms with van der Waals surface area (Å²) >= 11 is 6.09. The van der Waals surface area contributed by atoms with Crippen LogP contribution in [0, 0.1) is 18.7 Å². The number of benzene rings is 2. The van der Waals surface area contributed by atoms with Crippen LogP contribution in [-0.4, -0.2) is 42.3 Å². The smallest absolute Gasteiger partial charge is 0.256 e. The van der Waals surface area contributed by atoms with Crippen LogP contribution in [0.2, 0.25) is 5.02 Å². The molecular formula is C23H23ClFN3O3. The summed E-state index contributed by atoms with van der Waals surface area (Å²) in [5.74, 6) is -2.03. The Labute approximate surface area is 185 Å². The molecule has 2 aromatic carbocycles. The number of hydrogen-bond acceptors (Lipinski definition) is 3. The molecule has 2 saturated heterocycles. The second kappa shape index (κ2) is 8.67. The van der Waals surface area contributed by atoms with E-state index in [1.807, 2.05) is 0 Å². The number of amides is 3. The van der Waals surface area contributed by atoms with E-state index in [-0.39, 0.29) is 36.4 Å². The minimum absolute atomic E-state index is 0.0257. The van der Waals surface area contributed by atoms with Gasteiger partial charge in [-0.3, -0.25) is 14.4 Å². The molecule has 8 heteroatoms. The van der Waals surface area contributed by atoms with Gasteiger partial charge in [-0.2, -0.15) is 0 Å². The highest BCUT2D eigenvalue weighted by Crippen LogP contribution is 2.30. The number of halogens is 2. The largest absolute Gasteiger partial charge is 0.339 e. The average molecular weight is 444 g/mol. The number of carbonyl (C=O) groups excluding carboxylic acids is 3. The fourth-order valence-corrected chi connectivity index (χ4v) is 4.25. The highest BCUT2D eigenvalue weighted by molar-refractivity contribution is 6.31. The molecule has 4 rings (SSSR count). The maximum Gasteiger partial charge on any atom is 0.256 e. The average Bonchev–Trinajstić information content (AvgIpc) is 3.39. The number of hydrogen-bond donors (Lipinski definition) is 1. The summed E-state index contributed by atoms with van der Waals surface area (Å²) in [6.45, 7) is 3.19. The van der Waals surface area contributed by atoms with Crippen molar-refractivity contribution < 1.29 is 18.8 Å². The van der Waals surface area contributed by atoms with E-state index in [0.29, 0.717) is 29.4 Å². The van der Waals surface area contributed by atoms with Crippen molar-refractivity contribution in [1.29, 1.82) is 0 Å². The molecule has 2 aliphatic heterocycles. The van der Waals surface area contributed by atoms with Crippen LogP contribution < -0.4 is 10.2 Å². The molecule has 31 heavy (non-hydrogen) atoms. The van der Waals surface area contributed by atoms with E-state index in [1.54, 1.807) is 42.2 Å². The van der Waals surface area contributed by atoms with E-state index in [9.17, 15) is 18.8 Å². The molecule has 0 bridgehead atoms. The predicted molar refractivity (Wildman–Crippen MR) is 117 cm³/mol. The van der Waals surface area contributed by atoms with Crippen molar-refractivity contribution in [3.05, 3.63) is 58.4 Å². The minimum atomic E-state index is -0.654. The van der Waals surface area contributed by atoms with Crippen LogP contribution >= 0.6 is 11.6 Å². The first-order valence-corrected chi connectivity index (χ1v) is 10.7. The van der Waals surface area contributed by atoms with Crippen molar-refractivity contribution in [2.45, 2.75) is 26.2 Å². The van der Waals surface area contributed by atoms with Gasteiger partial charge in [0.15, 0.2) is 0 Å². The number of nitrogens with one attached hydrogen (secondary N) is 1. The number of likely N-dealkylation sites (tertiary alicyclic amines) is 1. The molecule has 2 heterocycles. The van der Waals surface area contributed by atoms with Crippen LogP contribution in [0.1, 0.15) is 35.2 Å². The summed E-state index contributed by atoms with van der Waals surface area (Å²) < 4.78 is 14.3. The fourth-order valence-electron chi connectivity index (χ4n) is 4.07. The molecule has 1 atom stereocenters. The van der Waals surface area contributed by atoms with Crippen LogP contribution in [0.5, 0.6) is 0 Å². The highest BCUT2D eigenvalue weighted by Gasteiger charge is 2.36. The summed E-state index contributed by atoms with van der Waals surface area (Å²) in [5.41, 5.74) is 1.61. The monoisotopic (exact) mass is 443 g/mol. The van der Waals surface area contributed by atoms with Gasteiger partial charge in [0.2, 0.25) is 11.8 Å². The summed E-state index contributed by atoms with van der Waals surface area (Å²) in [5, 5.41) is 3.18. The number of carbonyl (C=O) groups is 3. The lowest BCUT2D eigenvalue weighted by molar-refractivity contribution is -0.122. The maximum atomic E-state index is 14.3.